The van der Waals surface area contributed by atoms with Gasteiger partial charge in [-0.25, -0.2) is 9.07 Å². The summed E-state index contributed by atoms with van der Waals surface area (Å²) in [4.78, 5) is 12.5. The van der Waals surface area contributed by atoms with E-state index in [-0.39, 0.29) is 24.2 Å². The van der Waals surface area contributed by atoms with Gasteiger partial charge in [0.1, 0.15) is 11.6 Å². The van der Waals surface area contributed by atoms with Crippen molar-refractivity contribution in [3.05, 3.63) is 77.4 Å². The average Bonchev–Trinajstić information content (AvgIpc) is 3.15. The van der Waals surface area contributed by atoms with Crippen LogP contribution in [0.15, 0.2) is 54.7 Å². The van der Waals surface area contributed by atoms with Crippen LogP contribution in [-0.2, 0) is 17.6 Å². The number of rotatable bonds is 5. The van der Waals surface area contributed by atoms with Crippen LogP contribution < -0.4 is 10.1 Å². The van der Waals surface area contributed by atoms with E-state index in [4.69, 9.17) is 4.74 Å². The van der Waals surface area contributed by atoms with Gasteiger partial charge < -0.3 is 10.1 Å². The van der Waals surface area contributed by atoms with Gasteiger partial charge in [-0.3, -0.25) is 4.79 Å². The van der Waals surface area contributed by atoms with E-state index in [9.17, 15) is 9.18 Å². The molecule has 144 valence electrons. The van der Waals surface area contributed by atoms with Gasteiger partial charge in [-0.15, -0.1) is 0 Å². The molecule has 0 aliphatic heterocycles. The Hall–Kier alpha value is -3.15. The number of aromatic nitrogens is 2. The van der Waals surface area contributed by atoms with E-state index in [1.807, 2.05) is 35.1 Å². The highest BCUT2D eigenvalue weighted by molar-refractivity contribution is 5.79. The fourth-order valence-corrected chi connectivity index (χ4v) is 3.71. The van der Waals surface area contributed by atoms with Crippen molar-refractivity contribution in [3.63, 3.8) is 0 Å². The Kier molecular flexibility index (Phi) is 5.10. The van der Waals surface area contributed by atoms with Crippen LogP contribution in [0.3, 0.4) is 0 Å². The predicted octanol–water partition coefficient (Wildman–Crippen LogP) is 3.76. The molecule has 2 aromatic carbocycles. The molecule has 1 heterocycles. The van der Waals surface area contributed by atoms with Crippen LogP contribution in [0, 0.1) is 5.82 Å². The number of hydrogen-bond donors (Lipinski definition) is 1. The summed E-state index contributed by atoms with van der Waals surface area (Å²) in [6.07, 6.45) is 4.57. The summed E-state index contributed by atoms with van der Waals surface area (Å²) in [5.41, 5.74) is 3.50. The monoisotopic (exact) mass is 379 g/mol. The highest BCUT2D eigenvalue weighted by Crippen LogP contribution is 2.31. The number of amides is 1. The highest BCUT2D eigenvalue weighted by Gasteiger charge is 2.26. The van der Waals surface area contributed by atoms with Gasteiger partial charge in [-0.1, -0.05) is 18.2 Å². The number of ether oxygens (including phenoxy) is 1. The standard InChI is InChI=1S/C22H22FN3O2/c1-28-17-11-9-16(10-12-17)26-21-8-4-7-20(18(21)14-24-26)25-22(27)13-15-5-2-3-6-19(15)23/h2-3,5-6,9-12,14,20H,4,7-8,13H2,1H3,(H,25,27)/t20-/m0/s1. The molecule has 1 N–H and O–H groups in total. The van der Waals surface area contributed by atoms with Gasteiger partial charge in [0.25, 0.3) is 0 Å². The first-order valence-electron chi connectivity index (χ1n) is 9.39. The van der Waals surface area contributed by atoms with Gasteiger partial charge in [0.05, 0.1) is 31.5 Å². The molecule has 0 spiro atoms. The molecule has 6 heteroatoms. The maximum atomic E-state index is 13.8. The van der Waals surface area contributed by atoms with Gasteiger partial charge in [0, 0.05) is 11.3 Å². The van der Waals surface area contributed by atoms with Gasteiger partial charge >= 0.3 is 0 Å². The van der Waals surface area contributed by atoms with E-state index in [2.05, 4.69) is 10.4 Å². The second kappa shape index (κ2) is 7.84. The van der Waals surface area contributed by atoms with E-state index in [1.54, 1.807) is 25.3 Å². The topological polar surface area (TPSA) is 56.1 Å². The normalized spacial score (nSPS) is 15.7. The first-order chi connectivity index (χ1) is 13.7. The lowest BCUT2D eigenvalue weighted by Crippen LogP contribution is -2.32. The smallest absolute Gasteiger partial charge is 0.225 e. The zero-order valence-corrected chi connectivity index (χ0v) is 15.7. The lowest BCUT2D eigenvalue weighted by atomic mass is 9.92. The number of carbonyl (C=O) groups is 1. The maximum Gasteiger partial charge on any atom is 0.225 e. The first-order valence-corrected chi connectivity index (χ1v) is 9.39. The minimum atomic E-state index is -0.352. The Morgan fingerprint density at radius 3 is 2.79 bits per heavy atom. The van der Waals surface area contributed by atoms with E-state index < -0.39 is 0 Å². The predicted molar refractivity (Wildman–Crippen MR) is 104 cm³/mol. The minimum Gasteiger partial charge on any atom is -0.497 e. The summed E-state index contributed by atoms with van der Waals surface area (Å²) in [6.45, 7) is 0. The molecule has 1 aromatic heterocycles. The molecule has 28 heavy (non-hydrogen) atoms. The van der Waals surface area contributed by atoms with Gasteiger partial charge in [0.2, 0.25) is 5.91 Å². The first kappa shape index (κ1) is 18.2. The molecule has 0 radical (unpaired) electrons. The number of hydrogen-bond acceptors (Lipinski definition) is 3. The second-order valence-electron chi connectivity index (χ2n) is 6.94. The zero-order chi connectivity index (χ0) is 19.5. The third-order valence-corrected chi connectivity index (χ3v) is 5.14. The third kappa shape index (κ3) is 3.63. The number of nitrogens with one attached hydrogen (secondary N) is 1. The van der Waals surface area contributed by atoms with Crippen LogP contribution >= 0.6 is 0 Å². The Morgan fingerprint density at radius 1 is 1.25 bits per heavy atom. The molecule has 4 rings (SSSR count). The molecule has 0 unspecified atom stereocenters. The zero-order valence-electron chi connectivity index (χ0n) is 15.7. The summed E-state index contributed by atoms with van der Waals surface area (Å²) in [6, 6.07) is 14.0. The maximum absolute atomic E-state index is 13.8. The van der Waals surface area contributed by atoms with Crippen molar-refractivity contribution in [1.29, 1.82) is 0 Å². The van der Waals surface area contributed by atoms with E-state index in [0.29, 0.717) is 5.56 Å². The number of methoxy groups -OCH3 is 1. The summed E-state index contributed by atoms with van der Waals surface area (Å²) < 4.78 is 20.9. The van der Waals surface area contributed by atoms with Crippen molar-refractivity contribution in [2.45, 2.75) is 31.7 Å². The summed E-state index contributed by atoms with van der Waals surface area (Å²) in [7, 11) is 1.64. The molecular formula is C22H22FN3O2. The largest absolute Gasteiger partial charge is 0.497 e. The molecular weight excluding hydrogens is 357 g/mol. The molecule has 1 aliphatic rings. The van der Waals surface area contributed by atoms with Crippen molar-refractivity contribution >= 4 is 5.91 Å². The molecule has 3 aromatic rings. The lowest BCUT2D eigenvalue weighted by molar-refractivity contribution is -0.121. The molecule has 1 atom stereocenters. The molecule has 1 aliphatic carbocycles. The number of fused-ring (bicyclic) bond motifs is 1. The van der Waals surface area contributed by atoms with Crippen LogP contribution in [0.25, 0.3) is 5.69 Å². The second-order valence-corrected chi connectivity index (χ2v) is 6.94. The molecule has 0 fully saturated rings. The van der Waals surface area contributed by atoms with Crippen LogP contribution in [0.2, 0.25) is 0 Å². The highest BCUT2D eigenvalue weighted by atomic mass is 19.1. The van der Waals surface area contributed by atoms with Crippen LogP contribution in [0.1, 0.15) is 35.7 Å². The number of benzene rings is 2. The number of halogens is 1. The van der Waals surface area contributed by atoms with Crippen LogP contribution in [0.4, 0.5) is 4.39 Å². The number of carbonyl (C=O) groups excluding carboxylic acids is 1. The Balaban J connectivity index is 1.52. The molecule has 1 amide bonds. The Labute approximate surface area is 163 Å². The van der Waals surface area contributed by atoms with Gasteiger partial charge in [-0.05, 0) is 55.2 Å². The van der Waals surface area contributed by atoms with Gasteiger partial charge in [0.15, 0.2) is 0 Å². The van der Waals surface area contributed by atoms with Crippen LogP contribution in [0.5, 0.6) is 5.75 Å². The molecule has 5 nitrogen and oxygen atoms in total. The quantitative estimate of drug-likeness (QED) is 0.734. The lowest BCUT2D eigenvalue weighted by Gasteiger charge is -2.24. The average molecular weight is 379 g/mol. The SMILES string of the molecule is COc1ccc(-n2ncc3c2CCC[C@@H]3NC(=O)Cc2ccccc2F)cc1. The molecule has 0 bridgehead atoms. The summed E-state index contributed by atoms with van der Waals surface area (Å²) in [5, 5.41) is 7.60. The molecule has 0 saturated heterocycles. The van der Waals surface area contributed by atoms with E-state index >= 15 is 0 Å². The van der Waals surface area contributed by atoms with Crippen molar-refractivity contribution in [2.75, 3.05) is 7.11 Å². The van der Waals surface area contributed by atoms with Crippen molar-refractivity contribution in [3.8, 4) is 11.4 Å². The minimum absolute atomic E-state index is 0.0329. The van der Waals surface area contributed by atoms with E-state index in [1.165, 1.54) is 6.07 Å². The molecule has 0 saturated carbocycles. The van der Waals surface area contributed by atoms with Crippen molar-refractivity contribution < 1.29 is 13.9 Å². The fourth-order valence-electron chi connectivity index (χ4n) is 3.71. The van der Waals surface area contributed by atoms with Crippen LogP contribution in [-0.4, -0.2) is 22.8 Å². The fraction of sp³-hybridized carbons (Fsp3) is 0.273. The summed E-state index contributed by atoms with van der Waals surface area (Å²) in [5.74, 6) is 0.262. The number of nitrogens with zero attached hydrogens (tertiary/aromatic N) is 2. The Bertz CT molecular complexity index is 982. The van der Waals surface area contributed by atoms with Crippen molar-refractivity contribution in [1.82, 2.24) is 15.1 Å². The summed E-state index contributed by atoms with van der Waals surface area (Å²) >= 11 is 0. The third-order valence-electron chi connectivity index (χ3n) is 5.14. The van der Waals surface area contributed by atoms with Crippen molar-refractivity contribution in [2.24, 2.45) is 0 Å². The van der Waals surface area contributed by atoms with Gasteiger partial charge in [-0.2, -0.15) is 5.10 Å². The Morgan fingerprint density at radius 2 is 2.04 bits per heavy atom. The van der Waals surface area contributed by atoms with E-state index in [0.717, 1.165) is 42.0 Å².